The maximum absolute atomic E-state index is 5.82. The van der Waals surface area contributed by atoms with Gasteiger partial charge >= 0.3 is 0 Å². The first-order valence-electron chi connectivity index (χ1n) is 5.53. The Balaban J connectivity index is 2.68. The normalized spacial score (nSPS) is 10.9. The van der Waals surface area contributed by atoms with Crippen molar-refractivity contribution in [2.75, 3.05) is 0 Å². The number of imidazole rings is 1. The number of halogens is 1. The van der Waals surface area contributed by atoms with E-state index >= 15 is 0 Å². The number of nitrogens with two attached hydrogens (primary N) is 1. The molecule has 90 valence electrons. The molecule has 0 fully saturated rings. The number of nitrogens with zero attached hydrogens (tertiary/aromatic N) is 2. The highest BCUT2D eigenvalue weighted by atomic mass is 79.9. The van der Waals surface area contributed by atoms with Gasteiger partial charge in [0.25, 0.3) is 0 Å². The van der Waals surface area contributed by atoms with Crippen molar-refractivity contribution in [1.82, 2.24) is 9.55 Å². The molecule has 3 nitrogen and oxygen atoms in total. The van der Waals surface area contributed by atoms with Gasteiger partial charge in [0.05, 0.1) is 11.4 Å². The summed E-state index contributed by atoms with van der Waals surface area (Å²) < 4.78 is 3.11. The highest BCUT2D eigenvalue weighted by Crippen LogP contribution is 2.29. The molecule has 0 unspecified atom stereocenters. The van der Waals surface area contributed by atoms with Crippen LogP contribution < -0.4 is 5.73 Å². The Kier molecular flexibility index (Phi) is 3.35. The van der Waals surface area contributed by atoms with E-state index in [0.717, 1.165) is 27.2 Å². The van der Waals surface area contributed by atoms with Crippen molar-refractivity contribution < 1.29 is 0 Å². The molecule has 17 heavy (non-hydrogen) atoms. The molecule has 1 aromatic carbocycles. The van der Waals surface area contributed by atoms with Crippen molar-refractivity contribution in [1.29, 1.82) is 0 Å². The standard InChI is InChI=1S/C13H16BrN3/c1-8-4-5-10(14)6-11(8)13-12(7-15)17(3)9(2)16-13/h4-6H,7,15H2,1-3H3. The van der Waals surface area contributed by atoms with Gasteiger partial charge in [-0.2, -0.15) is 0 Å². The molecule has 2 aromatic rings. The van der Waals surface area contributed by atoms with Gasteiger partial charge in [-0.1, -0.05) is 22.0 Å². The highest BCUT2D eigenvalue weighted by Gasteiger charge is 2.14. The van der Waals surface area contributed by atoms with Gasteiger partial charge in [0.2, 0.25) is 0 Å². The number of hydrogen-bond donors (Lipinski definition) is 1. The third kappa shape index (κ3) is 2.15. The van der Waals surface area contributed by atoms with Gasteiger partial charge in [-0.25, -0.2) is 4.98 Å². The summed E-state index contributed by atoms with van der Waals surface area (Å²) in [6.07, 6.45) is 0. The summed E-state index contributed by atoms with van der Waals surface area (Å²) in [6, 6.07) is 6.22. The van der Waals surface area contributed by atoms with Crippen LogP contribution in [0.5, 0.6) is 0 Å². The Hall–Kier alpha value is -1.13. The average molecular weight is 294 g/mol. The molecular weight excluding hydrogens is 278 g/mol. The molecule has 0 aliphatic carbocycles. The van der Waals surface area contributed by atoms with E-state index < -0.39 is 0 Å². The first kappa shape index (κ1) is 12.3. The molecule has 4 heteroatoms. The minimum Gasteiger partial charge on any atom is -0.334 e. The van der Waals surface area contributed by atoms with Crippen LogP contribution in [0.15, 0.2) is 22.7 Å². The van der Waals surface area contributed by atoms with Gasteiger partial charge in [0, 0.05) is 23.6 Å². The minimum atomic E-state index is 0.499. The first-order valence-corrected chi connectivity index (χ1v) is 6.32. The van der Waals surface area contributed by atoms with Crippen LogP contribution >= 0.6 is 15.9 Å². The van der Waals surface area contributed by atoms with E-state index in [1.165, 1.54) is 5.56 Å². The van der Waals surface area contributed by atoms with Crippen LogP contribution in [-0.4, -0.2) is 9.55 Å². The lowest BCUT2D eigenvalue weighted by molar-refractivity contribution is 0.789. The second kappa shape index (κ2) is 4.63. The minimum absolute atomic E-state index is 0.499. The fraction of sp³-hybridized carbons (Fsp3) is 0.308. The van der Waals surface area contributed by atoms with Crippen molar-refractivity contribution in [3.8, 4) is 11.3 Å². The fourth-order valence-electron chi connectivity index (χ4n) is 1.95. The van der Waals surface area contributed by atoms with Crippen LogP contribution in [0.25, 0.3) is 11.3 Å². The molecule has 0 spiro atoms. The molecule has 2 rings (SSSR count). The van der Waals surface area contributed by atoms with Gasteiger partial charge in [-0.3, -0.25) is 0 Å². The third-order valence-corrected chi connectivity index (χ3v) is 3.58. The summed E-state index contributed by atoms with van der Waals surface area (Å²) >= 11 is 3.50. The molecule has 0 aliphatic rings. The average Bonchev–Trinajstić information content (AvgIpc) is 2.58. The molecular formula is C13H16BrN3. The number of aryl methyl sites for hydroxylation is 2. The van der Waals surface area contributed by atoms with Crippen LogP contribution in [0.1, 0.15) is 17.1 Å². The van der Waals surface area contributed by atoms with Crippen LogP contribution in [0.4, 0.5) is 0 Å². The molecule has 0 radical (unpaired) electrons. The van der Waals surface area contributed by atoms with Crippen LogP contribution in [-0.2, 0) is 13.6 Å². The molecule has 0 bridgehead atoms. The van der Waals surface area contributed by atoms with Gasteiger partial charge < -0.3 is 10.3 Å². The van der Waals surface area contributed by atoms with Crippen LogP contribution in [0.3, 0.4) is 0 Å². The second-order valence-corrected chi connectivity index (χ2v) is 5.09. The lowest BCUT2D eigenvalue weighted by Crippen LogP contribution is -2.05. The lowest BCUT2D eigenvalue weighted by Gasteiger charge is -2.07. The SMILES string of the molecule is Cc1ccc(Br)cc1-c1nc(C)n(C)c1CN. The van der Waals surface area contributed by atoms with Crippen molar-refractivity contribution >= 4 is 15.9 Å². The summed E-state index contributed by atoms with van der Waals surface area (Å²) in [7, 11) is 2.00. The Morgan fingerprint density at radius 1 is 1.35 bits per heavy atom. The Morgan fingerprint density at radius 2 is 2.06 bits per heavy atom. The quantitative estimate of drug-likeness (QED) is 0.925. The van der Waals surface area contributed by atoms with E-state index in [-0.39, 0.29) is 0 Å². The zero-order valence-electron chi connectivity index (χ0n) is 10.3. The first-order chi connectivity index (χ1) is 8.04. The Morgan fingerprint density at radius 3 is 2.71 bits per heavy atom. The molecule has 0 saturated heterocycles. The topological polar surface area (TPSA) is 43.8 Å². The molecule has 1 aromatic heterocycles. The van der Waals surface area contributed by atoms with E-state index in [9.17, 15) is 0 Å². The Labute approximate surface area is 110 Å². The van der Waals surface area contributed by atoms with E-state index in [0.29, 0.717) is 6.54 Å². The predicted molar refractivity (Wildman–Crippen MR) is 73.7 cm³/mol. The molecule has 1 heterocycles. The summed E-state index contributed by atoms with van der Waals surface area (Å²) in [4.78, 5) is 4.62. The van der Waals surface area contributed by atoms with Crippen LogP contribution in [0, 0.1) is 13.8 Å². The zero-order chi connectivity index (χ0) is 12.6. The van der Waals surface area contributed by atoms with Crippen molar-refractivity contribution in [2.45, 2.75) is 20.4 Å². The van der Waals surface area contributed by atoms with E-state index in [4.69, 9.17) is 5.73 Å². The Bertz CT molecular complexity index is 558. The van der Waals surface area contributed by atoms with Gasteiger partial charge in [0.1, 0.15) is 5.82 Å². The maximum Gasteiger partial charge on any atom is 0.106 e. The maximum atomic E-state index is 5.82. The van der Waals surface area contributed by atoms with E-state index in [2.05, 4.69) is 44.5 Å². The van der Waals surface area contributed by atoms with Crippen molar-refractivity contribution in [3.05, 3.63) is 39.8 Å². The van der Waals surface area contributed by atoms with Crippen LogP contribution in [0.2, 0.25) is 0 Å². The zero-order valence-corrected chi connectivity index (χ0v) is 11.9. The van der Waals surface area contributed by atoms with Crippen molar-refractivity contribution in [2.24, 2.45) is 12.8 Å². The highest BCUT2D eigenvalue weighted by molar-refractivity contribution is 9.10. The van der Waals surface area contributed by atoms with Crippen molar-refractivity contribution in [3.63, 3.8) is 0 Å². The molecule has 2 N–H and O–H groups in total. The number of benzene rings is 1. The van der Waals surface area contributed by atoms with Gasteiger partial charge in [-0.05, 0) is 31.5 Å². The van der Waals surface area contributed by atoms with Gasteiger partial charge in [0.15, 0.2) is 0 Å². The summed E-state index contributed by atoms with van der Waals surface area (Å²) in [6.45, 7) is 4.58. The number of rotatable bonds is 2. The summed E-state index contributed by atoms with van der Waals surface area (Å²) in [5.74, 6) is 0.986. The largest absolute Gasteiger partial charge is 0.334 e. The summed E-state index contributed by atoms with van der Waals surface area (Å²) in [5, 5.41) is 0. The van der Waals surface area contributed by atoms with E-state index in [1.807, 2.05) is 20.0 Å². The monoisotopic (exact) mass is 293 g/mol. The predicted octanol–water partition coefficient (Wildman–Crippen LogP) is 2.93. The fourth-order valence-corrected chi connectivity index (χ4v) is 2.32. The smallest absolute Gasteiger partial charge is 0.106 e. The molecule has 0 atom stereocenters. The second-order valence-electron chi connectivity index (χ2n) is 4.18. The summed E-state index contributed by atoms with van der Waals surface area (Å²) in [5.41, 5.74) is 10.2. The lowest BCUT2D eigenvalue weighted by atomic mass is 10.0. The van der Waals surface area contributed by atoms with Gasteiger partial charge in [-0.15, -0.1) is 0 Å². The molecule has 0 aliphatic heterocycles. The third-order valence-electron chi connectivity index (χ3n) is 3.09. The molecule has 0 saturated carbocycles. The molecule has 0 amide bonds. The van der Waals surface area contributed by atoms with E-state index in [1.54, 1.807) is 0 Å². The number of hydrogen-bond acceptors (Lipinski definition) is 2. The number of aromatic nitrogens is 2.